The molecule has 2 aromatic rings. The van der Waals surface area contributed by atoms with Crippen LogP contribution in [0.1, 0.15) is 67.5 Å². The summed E-state index contributed by atoms with van der Waals surface area (Å²) in [5.41, 5.74) is 2.51. The van der Waals surface area contributed by atoms with Crippen LogP contribution in [0.15, 0.2) is 18.2 Å². The largest absolute Gasteiger partial charge is 0.478 e. The molecule has 0 radical (unpaired) electrons. The minimum atomic E-state index is -0.881. The SMILES string of the molecule is CCC1(n2c(C3CC3)nc3cc(C(=O)O)ccc32)CCC1. The van der Waals surface area contributed by atoms with Gasteiger partial charge in [-0.2, -0.15) is 0 Å². The van der Waals surface area contributed by atoms with Gasteiger partial charge in [-0.15, -0.1) is 0 Å². The molecule has 1 N–H and O–H groups in total. The van der Waals surface area contributed by atoms with Crippen LogP contribution < -0.4 is 0 Å². The molecule has 1 aromatic carbocycles. The molecular formula is C17H20N2O2. The Bertz CT molecular complexity index is 718. The number of carboxylic acid groups (broad SMARTS) is 1. The van der Waals surface area contributed by atoms with Gasteiger partial charge in [0.15, 0.2) is 0 Å². The highest BCUT2D eigenvalue weighted by molar-refractivity contribution is 5.92. The Morgan fingerprint density at radius 3 is 2.71 bits per heavy atom. The van der Waals surface area contributed by atoms with Gasteiger partial charge in [0, 0.05) is 11.5 Å². The quantitative estimate of drug-likeness (QED) is 0.926. The third-order valence-corrected chi connectivity index (χ3v) is 5.29. The zero-order valence-electron chi connectivity index (χ0n) is 12.3. The lowest BCUT2D eigenvalue weighted by atomic mass is 9.74. The van der Waals surface area contributed by atoms with Gasteiger partial charge in [0.25, 0.3) is 0 Å². The van der Waals surface area contributed by atoms with Crippen LogP contribution in [0, 0.1) is 0 Å². The maximum Gasteiger partial charge on any atom is 0.335 e. The fourth-order valence-corrected chi connectivity index (χ4v) is 3.67. The minimum Gasteiger partial charge on any atom is -0.478 e. The van der Waals surface area contributed by atoms with E-state index in [2.05, 4.69) is 11.5 Å². The maximum absolute atomic E-state index is 11.2. The van der Waals surface area contributed by atoms with Crippen LogP contribution in [-0.2, 0) is 5.54 Å². The minimum absolute atomic E-state index is 0.220. The van der Waals surface area contributed by atoms with Crippen molar-refractivity contribution in [2.75, 3.05) is 0 Å². The zero-order valence-corrected chi connectivity index (χ0v) is 12.3. The topological polar surface area (TPSA) is 55.1 Å². The number of hydrogen-bond acceptors (Lipinski definition) is 2. The van der Waals surface area contributed by atoms with E-state index in [4.69, 9.17) is 4.98 Å². The van der Waals surface area contributed by atoms with Crippen molar-refractivity contribution in [3.63, 3.8) is 0 Å². The first kappa shape index (κ1) is 12.9. The van der Waals surface area contributed by atoms with E-state index in [0.717, 1.165) is 17.5 Å². The molecule has 0 bridgehead atoms. The molecule has 4 nitrogen and oxygen atoms in total. The molecule has 2 aliphatic rings. The summed E-state index contributed by atoms with van der Waals surface area (Å²) in [5.74, 6) is 0.886. The van der Waals surface area contributed by atoms with Gasteiger partial charge in [-0.05, 0) is 56.7 Å². The summed E-state index contributed by atoms with van der Waals surface area (Å²) in [6.45, 7) is 2.26. The van der Waals surface area contributed by atoms with Crippen LogP contribution in [0.4, 0.5) is 0 Å². The second-order valence-electron chi connectivity index (χ2n) is 6.52. The molecule has 1 aromatic heterocycles. The molecule has 0 aliphatic heterocycles. The Labute approximate surface area is 123 Å². The van der Waals surface area contributed by atoms with Crippen LogP contribution in [-0.4, -0.2) is 20.6 Å². The Morgan fingerprint density at radius 2 is 2.19 bits per heavy atom. The van der Waals surface area contributed by atoms with Crippen LogP contribution >= 0.6 is 0 Å². The first-order chi connectivity index (χ1) is 10.1. The molecular weight excluding hydrogens is 264 g/mol. The number of carbonyl (C=O) groups is 1. The van der Waals surface area contributed by atoms with E-state index in [0.29, 0.717) is 11.5 Å². The number of nitrogens with zero attached hydrogens (tertiary/aromatic N) is 2. The van der Waals surface area contributed by atoms with E-state index in [1.165, 1.54) is 37.9 Å². The number of fused-ring (bicyclic) bond motifs is 1. The number of rotatable bonds is 4. The first-order valence-corrected chi connectivity index (χ1v) is 7.91. The normalized spacial score (nSPS) is 20.4. The van der Waals surface area contributed by atoms with Crippen LogP contribution in [0.5, 0.6) is 0 Å². The summed E-state index contributed by atoms with van der Waals surface area (Å²) < 4.78 is 2.45. The smallest absolute Gasteiger partial charge is 0.335 e. The number of hydrogen-bond donors (Lipinski definition) is 1. The van der Waals surface area contributed by atoms with Crippen molar-refractivity contribution in [2.24, 2.45) is 0 Å². The van der Waals surface area contributed by atoms with Crippen molar-refractivity contribution in [3.05, 3.63) is 29.6 Å². The monoisotopic (exact) mass is 284 g/mol. The Hall–Kier alpha value is -1.84. The lowest BCUT2D eigenvalue weighted by molar-refractivity contribution is 0.0697. The highest BCUT2D eigenvalue weighted by Crippen LogP contribution is 2.49. The van der Waals surface area contributed by atoms with Gasteiger partial charge in [-0.3, -0.25) is 0 Å². The van der Waals surface area contributed by atoms with Gasteiger partial charge >= 0.3 is 5.97 Å². The maximum atomic E-state index is 11.2. The standard InChI is InChI=1S/C17H20N2O2/c1-2-17(8-3-9-17)19-14-7-6-12(16(20)21)10-13(14)18-15(19)11-4-5-11/h6-7,10-11H,2-5,8-9H2,1H3,(H,20,21). The van der Waals surface area contributed by atoms with E-state index in [1.807, 2.05) is 6.07 Å². The molecule has 0 saturated heterocycles. The molecule has 1 heterocycles. The summed E-state index contributed by atoms with van der Waals surface area (Å²) in [5, 5.41) is 9.17. The zero-order chi connectivity index (χ0) is 14.6. The summed E-state index contributed by atoms with van der Waals surface area (Å²) in [4.78, 5) is 16.0. The molecule has 0 atom stereocenters. The van der Waals surface area contributed by atoms with Crippen LogP contribution in [0.25, 0.3) is 11.0 Å². The van der Waals surface area contributed by atoms with Gasteiger partial charge in [0.2, 0.25) is 0 Å². The fourth-order valence-electron chi connectivity index (χ4n) is 3.67. The molecule has 4 heteroatoms. The van der Waals surface area contributed by atoms with Gasteiger partial charge < -0.3 is 9.67 Å². The average molecular weight is 284 g/mol. The van der Waals surface area contributed by atoms with E-state index in [-0.39, 0.29) is 5.54 Å². The molecule has 0 amide bonds. The predicted octanol–water partition coefficient (Wildman–Crippen LogP) is 3.90. The average Bonchev–Trinajstić information content (AvgIpc) is 3.20. The summed E-state index contributed by atoms with van der Waals surface area (Å²) >= 11 is 0. The Kier molecular flexibility index (Phi) is 2.65. The molecule has 110 valence electrons. The van der Waals surface area contributed by atoms with E-state index in [1.54, 1.807) is 12.1 Å². The van der Waals surface area contributed by atoms with Crippen molar-refractivity contribution < 1.29 is 9.90 Å². The second-order valence-corrected chi connectivity index (χ2v) is 6.52. The van der Waals surface area contributed by atoms with Crippen molar-refractivity contribution >= 4 is 17.0 Å². The molecule has 4 rings (SSSR count). The Balaban J connectivity index is 1.94. The molecule has 0 unspecified atom stereocenters. The summed E-state index contributed by atoms with van der Waals surface area (Å²) in [6, 6.07) is 5.39. The van der Waals surface area contributed by atoms with Gasteiger partial charge in [-0.1, -0.05) is 6.92 Å². The number of aromatic nitrogens is 2. The van der Waals surface area contributed by atoms with Crippen LogP contribution in [0.3, 0.4) is 0 Å². The third kappa shape index (κ3) is 1.81. The van der Waals surface area contributed by atoms with E-state index < -0.39 is 5.97 Å². The van der Waals surface area contributed by atoms with Gasteiger partial charge in [0.05, 0.1) is 16.6 Å². The van der Waals surface area contributed by atoms with Gasteiger partial charge in [-0.25, -0.2) is 9.78 Å². The van der Waals surface area contributed by atoms with Crippen molar-refractivity contribution in [1.82, 2.24) is 9.55 Å². The third-order valence-electron chi connectivity index (χ3n) is 5.29. The lowest BCUT2D eigenvalue weighted by Gasteiger charge is -2.44. The molecule has 2 saturated carbocycles. The summed E-state index contributed by atoms with van der Waals surface area (Å²) in [7, 11) is 0. The second kappa shape index (κ2) is 4.33. The number of carboxylic acids is 1. The lowest BCUT2D eigenvalue weighted by Crippen LogP contribution is -2.40. The number of imidazole rings is 1. The number of benzene rings is 1. The predicted molar refractivity (Wildman–Crippen MR) is 80.8 cm³/mol. The molecule has 2 aliphatic carbocycles. The number of aromatic carboxylic acids is 1. The molecule has 0 spiro atoms. The highest BCUT2D eigenvalue weighted by Gasteiger charge is 2.42. The molecule has 21 heavy (non-hydrogen) atoms. The highest BCUT2D eigenvalue weighted by atomic mass is 16.4. The van der Waals surface area contributed by atoms with Crippen molar-refractivity contribution in [1.29, 1.82) is 0 Å². The summed E-state index contributed by atoms with van der Waals surface area (Å²) in [6.07, 6.45) is 7.28. The van der Waals surface area contributed by atoms with Gasteiger partial charge in [0.1, 0.15) is 5.82 Å². The van der Waals surface area contributed by atoms with E-state index >= 15 is 0 Å². The molecule has 2 fully saturated rings. The van der Waals surface area contributed by atoms with Crippen LogP contribution in [0.2, 0.25) is 0 Å². The van der Waals surface area contributed by atoms with Crippen molar-refractivity contribution in [3.8, 4) is 0 Å². The fraction of sp³-hybridized carbons (Fsp3) is 0.529. The first-order valence-electron chi connectivity index (χ1n) is 7.91. The Morgan fingerprint density at radius 1 is 1.43 bits per heavy atom. The van der Waals surface area contributed by atoms with Crippen molar-refractivity contribution in [2.45, 2.75) is 56.9 Å². The van der Waals surface area contributed by atoms with E-state index in [9.17, 15) is 9.90 Å².